The lowest BCUT2D eigenvalue weighted by molar-refractivity contribution is -0.358. The highest BCUT2D eigenvalue weighted by Gasteiger charge is 2.47. The fourth-order valence-electron chi connectivity index (χ4n) is 1.85. The van der Waals surface area contributed by atoms with E-state index >= 15 is 0 Å². The van der Waals surface area contributed by atoms with Crippen molar-refractivity contribution in [1.82, 2.24) is 0 Å². The quantitative estimate of drug-likeness (QED) is 0.510. The fraction of sp³-hybridized carbons (Fsp3) is 1.00. The zero-order valence-electron chi connectivity index (χ0n) is 9.22. The monoisotopic (exact) mass is 204 g/mol. The molecule has 0 aromatic heterocycles. The Morgan fingerprint density at radius 2 is 1.85 bits per heavy atom. The van der Waals surface area contributed by atoms with Crippen molar-refractivity contribution < 1.29 is 13.9 Å². The van der Waals surface area contributed by atoms with Crippen LogP contribution in [-0.2, 0) is 13.9 Å². The van der Waals surface area contributed by atoms with E-state index in [9.17, 15) is 0 Å². The van der Waals surface area contributed by atoms with Gasteiger partial charge in [-0.25, -0.2) is 0 Å². The lowest BCUT2D eigenvalue weighted by Crippen LogP contribution is -2.55. The Kier molecular flexibility index (Phi) is 3.17. The maximum Gasteiger partial charge on any atom is 0.275 e. The minimum atomic E-state index is -1.56. The van der Waals surface area contributed by atoms with Crippen molar-refractivity contribution in [3.05, 3.63) is 0 Å². The van der Waals surface area contributed by atoms with Gasteiger partial charge in [0, 0.05) is 20.1 Å². The first kappa shape index (κ1) is 11.2. The molecule has 1 saturated heterocycles. The zero-order chi connectivity index (χ0) is 10.1. The van der Waals surface area contributed by atoms with Crippen molar-refractivity contribution >= 4 is 8.32 Å². The van der Waals surface area contributed by atoms with E-state index in [1.165, 1.54) is 6.04 Å². The average Bonchev–Trinajstić information content (AvgIpc) is 2.09. The molecule has 1 heterocycles. The molecular weight excluding hydrogens is 184 g/mol. The molecule has 13 heavy (non-hydrogen) atoms. The van der Waals surface area contributed by atoms with Gasteiger partial charge in [0.15, 0.2) is 8.32 Å². The predicted octanol–water partition coefficient (Wildman–Crippen LogP) is 2.19. The van der Waals surface area contributed by atoms with E-state index in [0.717, 1.165) is 6.42 Å². The Morgan fingerprint density at radius 3 is 2.23 bits per heavy atom. The van der Waals surface area contributed by atoms with E-state index in [2.05, 4.69) is 20.0 Å². The molecule has 78 valence electrons. The lowest BCUT2D eigenvalue weighted by Gasteiger charge is -2.45. The minimum Gasteiger partial charge on any atom is -0.369 e. The molecule has 0 aromatic rings. The third-order valence-electron chi connectivity index (χ3n) is 2.77. The third kappa shape index (κ3) is 2.12. The average molecular weight is 204 g/mol. The molecule has 1 atom stereocenters. The molecular formula is C9H20O3Si. The summed E-state index contributed by atoms with van der Waals surface area (Å²) in [6, 6.07) is 1.18. The summed E-state index contributed by atoms with van der Waals surface area (Å²) in [4.78, 5) is 0. The molecule has 1 fully saturated rings. The van der Waals surface area contributed by atoms with Gasteiger partial charge >= 0.3 is 0 Å². The second kappa shape index (κ2) is 3.69. The molecule has 1 aliphatic rings. The molecule has 0 N–H and O–H groups in total. The van der Waals surface area contributed by atoms with Crippen molar-refractivity contribution in [2.75, 3.05) is 14.2 Å². The molecule has 1 unspecified atom stereocenters. The minimum absolute atomic E-state index is 0.308. The van der Waals surface area contributed by atoms with Crippen LogP contribution in [0, 0.1) is 5.92 Å². The van der Waals surface area contributed by atoms with Crippen LogP contribution in [0.3, 0.4) is 0 Å². The Hall–Kier alpha value is 0.0969. The maximum atomic E-state index is 5.97. The van der Waals surface area contributed by atoms with Gasteiger partial charge in [-0.3, -0.25) is 0 Å². The Bertz CT molecular complexity index is 178. The molecule has 3 nitrogen and oxygen atoms in total. The van der Waals surface area contributed by atoms with E-state index in [-0.39, 0.29) is 0 Å². The van der Waals surface area contributed by atoms with Gasteiger partial charge in [-0.2, -0.15) is 0 Å². The van der Waals surface area contributed by atoms with Gasteiger partial charge in [0.25, 0.3) is 5.97 Å². The van der Waals surface area contributed by atoms with Crippen LogP contribution in [0.15, 0.2) is 0 Å². The van der Waals surface area contributed by atoms with Gasteiger partial charge in [-0.1, -0.05) is 6.92 Å². The lowest BCUT2D eigenvalue weighted by atomic mass is 10.1. The molecule has 0 bridgehead atoms. The first-order valence-electron chi connectivity index (χ1n) is 4.76. The first-order chi connectivity index (χ1) is 5.96. The molecule has 0 radical (unpaired) electrons. The van der Waals surface area contributed by atoms with E-state index < -0.39 is 14.3 Å². The number of rotatable bonds is 2. The summed E-state index contributed by atoms with van der Waals surface area (Å²) in [6.07, 6.45) is 1.13. The normalized spacial score (nSPS) is 31.6. The van der Waals surface area contributed by atoms with Gasteiger partial charge in [0.05, 0.1) is 0 Å². The molecule has 1 aliphatic heterocycles. The molecule has 0 amide bonds. The topological polar surface area (TPSA) is 27.7 Å². The van der Waals surface area contributed by atoms with Crippen molar-refractivity contribution in [3.8, 4) is 0 Å². The smallest absolute Gasteiger partial charge is 0.275 e. The Morgan fingerprint density at radius 1 is 1.31 bits per heavy atom. The zero-order valence-corrected chi connectivity index (χ0v) is 10.2. The highest BCUT2D eigenvalue weighted by atomic mass is 28.4. The second-order valence-electron chi connectivity index (χ2n) is 4.31. The Labute approximate surface area is 81.5 Å². The van der Waals surface area contributed by atoms with Crippen LogP contribution in [-0.4, -0.2) is 28.5 Å². The van der Waals surface area contributed by atoms with Crippen LogP contribution in [0.1, 0.15) is 13.3 Å². The largest absolute Gasteiger partial charge is 0.369 e. The van der Waals surface area contributed by atoms with Crippen molar-refractivity contribution in [3.63, 3.8) is 0 Å². The van der Waals surface area contributed by atoms with E-state index in [1.54, 1.807) is 14.2 Å². The molecule has 0 spiro atoms. The number of methoxy groups -OCH3 is 2. The summed E-state index contributed by atoms with van der Waals surface area (Å²) in [5.74, 6) is -0.475. The summed E-state index contributed by atoms with van der Waals surface area (Å²) in [5, 5.41) is 0. The van der Waals surface area contributed by atoms with Crippen LogP contribution in [0.4, 0.5) is 0 Å². The van der Waals surface area contributed by atoms with Crippen LogP contribution in [0.2, 0.25) is 19.1 Å². The second-order valence-corrected chi connectivity index (χ2v) is 8.54. The SMILES string of the molecule is COC1(OC)O[Si](C)(C)CCC1C. The van der Waals surface area contributed by atoms with Crippen molar-refractivity contribution in [2.24, 2.45) is 5.92 Å². The van der Waals surface area contributed by atoms with E-state index in [0.29, 0.717) is 5.92 Å². The number of hydrogen-bond donors (Lipinski definition) is 0. The number of hydrogen-bond acceptors (Lipinski definition) is 3. The Balaban J connectivity index is 2.79. The highest BCUT2D eigenvalue weighted by Crippen LogP contribution is 2.38. The van der Waals surface area contributed by atoms with Crippen molar-refractivity contribution in [2.45, 2.75) is 38.5 Å². The summed E-state index contributed by atoms with van der Waals surface area (Å²) in [7, 11) is 1.74. The summed E-state index contributed by atoms with van der Waals surface area (Å²) >= 11 is 0. The third-order valence-corrected chi connectivity index (χ3v) is 5.10. The van der Waals surface area contributed by atoms with Gasteiger partial charge in [-0.05, 0) is 25.6 Å². The van der Waals surface area contributed by atoms with Crippen LogP contribution in [0.25, 0.3) is 0 Å². The summed E-state index contributed by atoms with van der Waals surface area (Å²) in [6.45, 7) is 6.51. The highest BCUT2D eigenvalue weighted by molar-refractivity contribution is 6.71. The standard InChI is InChI=1S/C9H20O3Si/c1-8-6-7-13(4,5)12-9(8,10-2)11-3/h8H,6-7H2,1-5H3. The summed E-state index contributed by atoms with van der Waals surface area (Å²) in [5.41, 5.74) is 0. The van der Waals surface area contributed by atoms with Crippen molar-refractivity contribution in [1.29, 1.82) is 0 Å². The van der Waals surface area contributed by atoms with Gasteiger partial charge in [0.2, 0.25) is 0 Å². The van der Waals surface area contributed by atoms with Crippen LogP contribution in [0.5, 0.6) is 0 Å². The van der Waals surface area contributed by atoms with Gasteiger partial charge in [-0.15, -0.1) is 0 Å². The molecule has 4 heteroatoms. The fourth-order valence-corrected chi connectivity index (χ4v) is 4.21. The molecule has 0 aliphatic carbocycles. The summed E-state index contributed by atoms with van der Waals surface area (Å²) < 4.78 is 16.7. The molecule has 0 saturated carbocycles. The van der Waals surface area contributed by atoms with Gasteiger partial charge in [0.1, 0.15) is 0 Å². The van der Waals surface area contributed by atoms with Crippen LogP contribution >= 0.6 is 0 Å². The number of ether oxygens (including phenoxy) is 2. The van der Waals surface area contributed by atoms with E-state index in [1.807, 2.05) is 0 Å². The van der Waals surface area contributed by atoms with E-state index in [4.69, 9.17) is 13.9 Å². The van der Waals surface area contributed by atoms with Crippen LogP contribution < -0.4 is 0 Å². The van der Waals surface area contributed by atoms with Gasteiger partial charge < -0.3 is 13.9 Å². The first-order valence-corrected chi connectivity index (χ1v) is 7.88. The predicted molar refractivity (Wildman–Crippen MR) is 53.9 cm³/mol. The maximum absolute atomic E-state index is 5.97. The molecule has 0 aromatic carbocycles. The molecule has 1 rings (SSSR count).